The van der Waals surface area contributed by atoms with E-state index in [2.05, 4.69) is 10.2 Å². The van der Waals surface area contributed by atoms with Crippen molar-refractivity contribution in [3.63, 3.8) is 0 Å². The Labute approximate surface area is 135 Å². The summed E-state index contributed by atoms with van der Waals surface area (Å²) in [6.07, 6.45) is 0. The minimum Gasteiger partial charge on any atom is -0.491 e. The normalized spacial score (nSPS) is 10.9. The topological polar surface area (TPSA) is 72.6 Å². The Morgan fingerprint density at radius 3 is 1.78 bits per heavy atom. The predicted molar refractivity (Wildman–Crippen MR) is 86.8 cm³/mol. The lowest BCUT2D eigenvalue weighted by atomic mass is 10.3. The average molecular weight is 316 g/mol. The fraction of sp³-hybridized carbons (Fsp3) is 0.294. The third-order valence-electron chi connectivity index (χ3n) is 2.89. The monoisotopic (exact) mass is 316 g/mol. The van der Waals surface area contributed by atoms with E-state index in [9.17, 15) is 0 Å². The molecular weight excluding hydrogens is 296 g/mol. The molecule has 2 aromatic carbocycles. The van der Waals surface area contributed by atoms with Gasteiger partial charge in [-0.1, -0.05) is 0 Å². The summed E-state index contributed by atoms with van der Waals surface area (Å²) < 4.78 is 15.7. The van der Waals surface area contributed by atoms with E-state index in [1.807, 2.05) is 31.2 Å². The molecule has 0 aliphatic rings. The van der Waals surface area contributed by atoms with E-state index in [1.165, 1.54) is 0 Å². The standard InChI is InChI=1S/C17H20N2O4/c1-2-21-11-12-22-16-7-3-14(4-8-16)18-19-15-5-9-17(10-6-15)23-13-20/h3-10,20H,2,11-13H2,1H3. The van der Waals surface area contributed by atoms with Gasteiger partial charge in [-0.15, -0.1) is 0 Å². The van der Waals surface area contributed by atoms with Gasteiger partial charge in [0.1, 0.15) is 18.1 Å². The lowest BCUT2D eigenvalue weighted by molar-refractivity contribution is 0.0985. The van der Waals surface area contributed by atoms with Crippen LogP contribution in [0, 0.1) is 0 Å². The van der Waals surface area contributed by atoms with Gasteiger partial charge >= 0.3 is 0 Å². The van der Waals surface area contributed by atoms with Crippen LogP contribution in [0.2, 0.25) is 0 Å². The Hall–Kier alpha value is -2.44. The van der Waals surface area contributed by atoms with Crippen molar-refractivity contribution in [3.8, 4) is 11.5 Å². The van der Waals surface area contributed by atoms with Crippen LogP contribution in [0.25, 0.3) is 0 Å². The van der Waals surface area contributed by atoms with Crippen LogP contribution in [0.1, 0.15) is 6.92 Å². The molecule has 122 valence electrons. The van der Waals surface area contributed by atoms with Crippen molar-refractivity contribution >= 4 is 11.4 Å². The molecule has 2 rings (SSSR count). The molecule has 6 heteroatoms. The quantitative estimate of drug-likeness (QED) is 0.433. The van der Waals surface area contributed by atoms with Crippen LogP contribution >= 0.6 is 0 Å². The van der Waals surface area contributed by atoms with E-state index in [-0.39, 0.29) is 6.79 Å². The summed E-state index contributed by atoms with van der Waals surface area (Å²) in [5, 5.41) is 17.0. The van der Waals surface area contributed by atoms with Gasteiger partial charge in [-0.3, -0.25) is 0 Å². The highest BCUT2D eigenvalue weighted by atomic mass is 16.6. The number of rotatable bonds is 9. The first-order valence-electron chi connectivity index (χ1n) is 7.38. The molecule has 0 atom stereocenters. The van der Waals surface area contributed by atoms with Gasteiger partial charge in [0.05, 0.1) is 18.0 Å². The second-order valence-electron chi connectivity index (χ2n) is 4.51. The zero-order valence-corrected chi connectivity index (χ0v) is 13.0. The van der Waals surface area contributed by atoms with Crippen LogP contribution in [-0.2, 0) is 4.74 Å². The van der Waals surface area contributed by atoms with Crippen LogP contribution < -0.4 is 9.47 Å². The number of aliphatic hydroxyl groups excluding tert-OH is 1. The number of hydrogen-bond acceptors (Lipinski definition) is 6. The van der Waals surface area contributed by atoms with Gasteiger partial charge in [0.15, 0.2) is 6.79 Å². The largest absolute Gasteiger partial charge is 0.491 e. The number of hydrogen-bond donors (Lipinski definition) is 1. The summed E-state index contributed by atoms with van der Waals surface area (Å²) in [7, 11) is 0. The zero-order valence-electron chi connectivity index (χ0n) is 13.0. The molecule has 0 heterocycles. The molecule has 0 radical (unpaired) electrons. The number of ether oxygens (including phenoxy) is 3. The van der Waals surface area contributed by atoms with Crippen molar-refractivity contribution in [1.82, 2.24) is 0 Å². The number of nitrogens with zero attached hydrogens (tertiary/aromatic N) is 2. The van der Waals surface area contributed by atoms with Crippen LogP contribution in [0.4, 0.5) is 11.4 Å². The van der Waals surface area contributed by atoms with Crippen LogP contribution in [0.3, 0.4) is 0 Å². The molecule has 0 unspecified atom stereocenters. The van der Waals surface area contributed by atoms with Crippen LogP contribution in [0.15, 0.2) is 58.8 Å². The summed E-state index contributed by atoms with van der Waals surface area (Å²) in [5.41, 5.74) is 1.44. The fourth-order valence-electron chi connectivity index (χ4n) is 1.77. The molecule has 0 saturated carbocycles. The number of benzene rings is 2. The van der Waals surface area contributed by atoms with Gasteiger partial charge in [0.2, 0.25) is 0 Å². The van der Waals surface area contributed by atoms with Crippen molar-refractivity contribution in [1.29, 1.82) is 0 Å². The van der Waals surface area contributed by atoms with Gasteiger partial charge in [0, 0.05) is 6.61 Å². The molecule has 0 spiro atoms. The maximum Gasteiger partial charge on any atom is 0.186 e. The smallest absolute Gasteiger partial charge is 0.186 e. The van der Waals surface area contributed by atoms with Gasteiger partial charge in [0.25, 0.3) is 0 Å². The fourth-order valence-corrected chi connectivity index (χ4v) is 1.77. The first-order chi connectivity index (χ1) is 11.3. The minimum absolute atomic E-state index is 0.347. The average Bonchev–Trinajstić information content (AvgIpc) is 2.59. The van der Waals surface area contributed by atoms with Crippen molar-refractivity contribution < 1.29 is 19.3 Å². The molecule has 0 aromatic heterocycles. The van der Waals surface area contributed by atoms with E-state index in [4.69, 9.17) is 19.3 Å². The highest BCUT2D eigenvalue weighted by molar-refractivity contribution is 5.44. The molecule has 0 aliphatic carbocycles. The molecule has 2 aromatic rings. The molecule has 1 N–H and O–H groups in total. The van der Waals surface area contributed by atoms with E-state index in [0.717, 1.165) is 11.4 Å². The third kappa shape index (κ3) is 6.06. The molecule has 0 amide bonds. The Morgan fingerprint density at radius 2 is 1.30 bits per heavy atom. The van der Waals surface area contributed by atoms with Crippen molar-refractivity contribution in [2.24, 2.45) is 10.2 Å². The SMILES string of the molecule is CCOCCOc1ccc(N=Nc2ccc(OCO)cc2)cc1. The lowest BCUT2D eigenvalue weighted by Crippen LogP contribution is -2.05. The van der Waals surface area contributed by atoms with E-state index >= 15 is 0 Å². The van der Waals surface area contributed by atoms with Gasteiger partial charge in [-0.25, -0.2) is 0 Å². The Balaban J connectivity index is 1.87. The molecule has 0 bridgehead atoms. The number of azo groups is 1. The van der Waals surface area contributed by atoms with Crippen molar-refractivity contribution in [2.75, 3.05) is 26.6 Å². The summed E-state index contributed by atoms with van der Waals surface area (Å²) in [4.78, 5) is 0. The molecule has 23 heavy (non-hydrogen) atoms. The molecular formula is C17H20N2O4. The first kappa shape index (κ1) is 16.9. The van der Waals surface area contributed by atoms with Gasteiger partial charge in [-0.2, -0.15) is 10.2 Å². The van der Waals surface area contributed by atoms with Gasteiger partial charge in [-0.05, 0) is 55.5 Å². The van der Waals surface area contributed by atoms with Crippen LogP contribution in [-0.4, -0.2) is 31.7 Å². The Morgan fingerprint density at radius 1 is 0.783 bits per heavy atom. The van der Waals surface area contributed by atoms with Crippen molar-refractivity contribution in [2.45, 2.75) is 6.92 Å². The highest BCUT2D eigenvalue weighted by Crippen LogP contribution is 2.23. The second-order valence-corrected chi connectivity index (χ2v) is 4.51. The van der Waals surface area contributed by atoms with E-state index in [1.54, 1.807) is 24.3 Å². The maximum atomic E-state index is 8.66. The summed E-state index contributed by atoms with van der Waals surface area (Å²) in [5.74, 6) is 1.36. The highest BCUT2D eigenvalue weighted by Gasteiger charge is 1.96. The van der Waals surface area contributed by atoms with Crippen molar-refractivity contribution in [3.05, 3.63) is 48.5 Å². The van der Waals surface area contributed by atoms with E-state index < -0.39 is 0 Å². The predicted octanol–water partition coefficient (Wildman–Crippen LogP) is 3.85. The summed E-state index contributed by atoms with van der Waals surface area (Å²) in [6, 6.07) is 14.3. The molecule has 0 saturated heterocycles. The summed E-state index contributed by atoms with van der Waals surface area (Å²) in [6.45, 7) is 3.40. The maximum absolute atomic E-state index is 8.66. The summed E-state index contributed by atoms with van der Waals surface area (Å²) >= 11 is 0. The van der Waals surface area contributed by atoms with Gasteiger partial charge < -0.3 is 19.3 Å². The molecule has 6 nitrogen and oxygen atoms in total. The van der Waals surface area contributed by atoms with E-state index in [0.29, 0.717) is 31.3 Å². The number of aliphatic hydroxyl groups is 1. The third-order valence-corrected chi connectivity index (χ3v) is 2.89. The molecule has 0 aliphatic heterocycles. The van der Waals surface area contributed by atoms with Crippen LogP contribution in [0.5, 0.6) is 11.5 Å². The zero-order chi connectivity index (χ0) is 16.3. The minimum atomic E-state index is -0.347. The Kier molecular flexibility index (Phi) is 7.03. The Bertz CT molecular complexity index is 597. The first-order valence-corrected chi connectivity index (χ1v) is 7.38. The lowest BCUT2D eigenvalue weighted by Gasteiger charge is -2.05. The molecule has 0 fully saturated rings. The second kappa shape index (κ2) is 9.55.